The molecule has 0 amide bonds. The predicted molar refractivity (Wildman–Crippen MR) is 138 cm³/mol. The quantitative estimate of drug-likeness (QED) is 0.462. The fourth-order valence-corrected chi connectivity index (χ4v) is 6.09. The topological polar surface area (TPSA) is 82.2 Å². The Morgan fingerprint density at radius 1 is 1.06 bits per heavy atom. The zero-order valence-corrected chi connectivity index (χ0v) is 20.1. The number of likely N-dealkylation sites (N-methyl/N-ethyl adjacent to an activating group) is 1. The van der Waals surface area contributed by atoms with Crippen LogP contribution in [-0.4, -0.2) is 76.3 Å². The van der Waals surface area contributed by atoms with Gasteiger partial charge >= 0.3 is 6.01 Å². The Bertz CT molecular complexity index is 1370. The monoisotopic (exact) mass is 469 g/mol. The molecule has 3 aliphatic heterocycles. The van der Waals surface area contributed by atoms with E-state index in [0.717, 1.165) is 64.9 Å². The van der Waals surface area contributed by atoms with Crippen LogP contribution in [0.1, 0.15) is 25.7 Å². The first kappa shape index (κ1) is 21.1. The standard InChI is InChI=1S/C27H31N7O/c1-33-11-3-4-20(33)16-35-27-31-24-12-17(23-13-29-25-21(23)5-2-10-28-25)6-9-22(24)26(32-27)34-14-18-7-8-19(15-34)30-18/h2,5-6,9-10,12-13,18-20,30H,3-4,7-8,11,14-16H2,1H3,(H,28,29)/t18-,19+,20-/m0/s1. The SMILES string of the molecule is CN1CCC[C@H]1COc1nc(N2C[C@H]3CC[C@@H](C2)N3)c2ccc(-c3c[nH]c4ncccc34)cc2n1. The second-order valence-corrected chi connectivity index (χ2v) is 10.3. The lowest BCUT2D eigenvalue weighted by Gasteiger charge is -2.34. The highest BCUT2D eigenvalue weighted by Crippen LogP contribution is 2.35. The van der Waals surface area contributed by atoms with Gasteiger partial charge in [0.2, 0.25) is 0 Å². The lowest BCUT2D eigenvalue weighted by molar-refractivity contribution is 0.188. The Hall–Kier alpha value is -3.23. The molecule has 3 saturated heterocycles. The van der Waals surface area contributed by atoms with Crippen LogP contribution in [-0.2, 0) is 0 Å². The third-order valence-corrected chi connectivity index (χ3v) is 8.01. The maximum absolute atomic E-state index is 6.25. The van der Waals surface area contributed by atoms with Gasteiger partial charge in [0.25, 0.3) is 0 Å². The molecule has 3 aliphatic rings. The molecule has 0 radical (unpaired) electrons. The lowest BCUT2D eigenvalue weighted by atomic mass is 10.0. The number of nitrogens with zero attached hydrogens (tertiary/aromatic N) is 5. The number of H-pyrrole nitrogens is 1. The number of aromatic amines is 1. The second-order valence-electron chi connectivity index (χ2n) is 10.3. The summed E-state index contributed by atoms with van der Waals surface area (Å²) in [6.45, 7) is 3.71. The van der Waals surface area contributed by atoms with Gasteiger partial charge in [0, 0.05) is 59.9 Å². The van der Waals surface area contributed by atoms with Crippen LogP contribution < -0.4 is 15.0 Å². The Labute approximate surface area is 204 Å². The highest BCUT2D eigenvalue weighted by Gasteiger charge is 2.34. The van der Waals surface area contributed by atoms with E-state index in [-0.39, 0.29) is 0 Å². The average Bonchev–Trinajstić information content (AvgIpc) is 3.59. The van der Waals surface area contributed by atoms with Gasteiger partial charge in [-0.15, -0.1) is 0 Å². The molecule has 3 atom stereocenters. The van der Waals surface area contributed by atoms with Gasteiger partial charge < -0.3 is 24.8 Å². The molecule has 8 heteroatoms. The van der Waals surface area contributed by atoms with Crippen molar-refractivity contribution in [3.8, 4) is 17.1 Å². The highest BCUT2D eigenvalue weighted by molar-refractivity contribution is 5.98. The number of hydrogen-bond acceptors (Lipinski definition) is 7. The first-order valence-electron chi connectivity index (χ1n) is 12.8. The summed E-state index contributed by atoms with van der Waals surface area (Å²) in [5.41, 5.74) is 4.06. The Balaban J connectivity index is 1.29. The summed E-state index contributed by atoms with van der Waals surface area (Å²) in [6.07, 6.45) is 8.70. The van der Waals surface area contributed by atoms with E-state index in [1.807, 2.05) is 18.5 Å². The van der Waals surface area contributed by atoms with Gasteiger partial charge in [0.15, 0.2) is 0 Å². The van der Waals surface area contributed by atoms with E-state index in [4.69, 9.17) is 14.7 Å². The minimum Gasteiger partial charge on any atom is -0.462 e. The highest BCUT2D eigenvalue weighted by atomic mass is 16.5. The number of fused-ring (bicyclic) bond motifs is 4. The van der Waals surface area contributed by atoms with Crippen molar-refractivity contribution in [1.82, 2.24) is 30.2 Å². The molecule has 2 bridgehead atoms. The Morgan fingerprint density at radius 2 is 1.94 bits per heavy atom. The minimum atomic E-state index is 0.429. The van der Waals surface area contributed by atoms with Crippen LogP contribution in [0.4, 0.5) is 5.82 Å². The first-order valence-corrected chi connectivity index (χ1v) is 12.8. The summed E-state index contributed by atoms with van der Waals surface area (Å²) in [4.78, 5) is 22.4. The molecule has 0 spiro atoms. The molecular weight excluding hydrogens is 438 g/mol. The van der Waals surface area contributed by atoms with E-state index in [9.17, 15) is 0 Å². The second kappa shape index (κ2) is 8.46. The summed E-state index contributed by atoms with van der Waals surface area (Å²) < 4.78 is 6.25. The molecule has 0 saturated carbocycles. The lowest BCUT2D eigenvalue weighted by Crippen LogP contribution is -2.51. The van der Waals surface area contributed by atoms with Crippen molar-refractivity contribution in [2.45, 2.75) is 43.8 Å². The number of nitrogens with one attached hydrogen (secondary N) is 2. The summed E-state index contributed by atoms with van der Waals surface area (Å²) in [7, 11) is 2.17. The first-order chi connectivity index (χ1) is 17.2. The summed E-state index contributed by atoms with van der Waals surface area (Å²) >= 11 is 0. The van der Waals surface area contributed by atoms with Crippen LogP contribution in [0.15, 0.2) is 42.7 Å². The molecule has 2 N–H and O–H groups in total. The van der Waals surface area contributed by atoms with Crippen molar-refractivity contribution in [3.63, 3.8) is 0 Å². The average molecular weight is 470 g/mol. The molecule has 7 rings (SSSR count). The third kappa shape index (κ3) is 3.81. The predicted octanol–water partition coefficient (Wildman–Crippen LogP) is 3.59. The van der Waals surface area contributed by atoms with E-state index in [1.165, 1.54) is 19.3 Å². The summed E-state index contributed by atoms with van der Waals surface area (Å²) in [5, 5.41) is 5.93. The maximum atomic E-state index is 6.25. The van der Waals surface area contributed by atoms with Crippen molar-refractivity contribution in [1.29, 1.82) is 0 Å². The zero-order chi connectivity index (χ0) is 23.4. The number of pyridine rings is 1. The van der Waals surface area contributed by atoms with E-state index in [0.29, 0.717) is 30.7 Å². The van der Waals surface area contributed by atoms with Crippen molar-refractivity contribution in [2.75, 3.05) is 38.2 Å². The van der Waals surface area contributed by atoms with Crippen molar-refractivity contribution >= 4 is 27.8 Å². The van der Waals surface area contributed by atoms with Crippen LogP contribution in [0.2, 0.25) is 0 Å². The van der Waals surface area contributed by atoms with Gasteiger partial charge in [-0.05, 0) is 69.1 Å². The fraction of sp³-hybridized carbons (Fsp3) is 0.444. The number of hydrogen-bond donors (Lipinski definition) is 2. The van der Waals surface area contributed by atoms with E-state index >= 15 is 0 Å². The van der Waals surface area contributed by atoms with Gasteiger partial charge in [-0.2, -0.15) is 9.97 Å². The molecular formula is C27H31N7O. The summed E-state index contributed by atoms with van der Waals surface area (Å²) in [6, 6.07) is 12.6. The molecule has 180 valence electrons. The molecule has 3 aromatic heterocycles. The normalized spacial score (nSPS) is 24.6. The molecule has 0 unspecified atom stereocenters. The van der Waals surface area contributed by atoms with Gasteiger partial charge in [-0.3, -0.25) is 0 Å². The molecule has 8 nitrogen and oxygen atoms in total. The van der Waals surface area contributed by atoms with Crippen LogP contribution >= 0.6 is 0 Å². The summed E-state index contributed by atoms with van der Waals surface area (Å²) in [5.74, 6) is 0.996. The molecule has 1 aromatic carbocycles. The molecule has 35 heavy (non-hydrogen) atoms. The van der Waals surface area contributed by atoms with Gasteiger partial charge in [0.1, 0.15) is 18.1 Å². The van der Waals surface area contributed by atoms with Gasteiger partial charge in [-0.1, -0.05) is 6.07 Å². The molecule has 3 fully saturated rings. The Kier molecular flexibility index (Phi) is 5.10. The maximum Gasteiger partial charge on any atom is 0.319 e. The molecule has 6 heterocycles. The van der Waals surface area contributed by atoms with Crippen molar-refractivity contribution in [3.05, 3.63) is 42.7 Å². The van der Waals surface area contributed by atoms with E-state index < -0.39 is 0 Å². The fourth-order valence-electron chi connectivity index (χ4n) is 6.09. The largest absolute Gasteiger partial charge is 0.462 e. The van der Waals surface area contributed by atoms with E-state index in [2.05, 4.69) is 56.4 Å². The van der Waals surface area contributed by atoms with Gasteiger partial charge in [0.05, 0.1) is 5.52 Å². The van der Waals surface area contributed by atoms with E-state index in [1.54, 1.807) is 0 Å². The van der Waals surface area contributed by atoms with Crippen LogP contribution in [0.25, 0.3) is 33.1 Å². The van der Waals surface area contributed by atoms with Crippen LogP contribution in [0.5, 0.6) is 6.01 Å². The van der Waals surface area contributed by atoms with Gasteiger partial charge in [-0.25, -0.2) is 4.98 Å². The number of piperazine rings is 1. The number of ether oxygens (including phenoxy) is 1. The third-order valence-electron chi connectivity index (χ3n) is 8.01. The molecule has 4 aromatic rings. The van der Waals surface area contributed by atoms with Crippen molar-refractivity contribution < 1.29 is 4.74 Å². The van der Waals surface area contributed by atoms with Crippen LogP contribution in [0, 0.1) is 0 Å². The zero-order valence-electron chi connectivity index (χ0n) is 20.1. The Morgan fingerprint density at radius 3 is 2.77 bits per heavy atom. The number of anilines is 1. The number of benzene rings is 1. The smallest absolute Gasteiger partial charge is 0.319 e. The van der Waals surface area contributed by atoms with Crippen molar-refractivity contribution in [2.24, 2.45) is 0 Å². The number of likely N-dealkylation sites (tertiary alicyclic amines) is 1. The number of rotatable bonds is 5. The molecule has 0 aliphatic carbocycles. The number of aromatic nitrogens is 4. The minimum absolute atomic E-state index is 0.429. The van der Waals surface area contributed by atoms with Crippen LogP contribution in [0.3, 0.4) is 0 Å².